The predicted octanol–water partition coefficient (Wildman–Crippen LogP) is 4.92. The molecule has 0 saturated carbocycles. The number of hydrogen-bond acceptors (Lipinski definition) is 10. The Kier molecular flexibility index (Phi) is 22.2. The number of nitrogens with zero attached hydrogens (tertiary/aromatic N) is 1. The van der Waals surface area contributed by atoms with Crippen molar-refractivity contribution >= 4 is 35.6 Å². The van der Waals surface area contributed by atoms with Gasteiger partial charge in [0.2, 0.25) is 23.6 Å². The van der Waals surface area contributed by atoms with E-state index in [4.69, 9.17) is 20.6 Å². The smallest absolute Gasteiger partial charge is 0.434 e. The number of benzene rings is 2. The number of Topliss-reactive ketones (excluding diaryl/α,β-unsaturated/α-hetero) is 1. The van der Waals surface area contributed by atoms with Gasteiger partial charge in [0.25, 0.3) is 0 Å². The number of amides is 4. The molecule has 14 nitrogen and oxygen atoms in total. The maximum atomic E-state index is 14.4. The highest BCUT2D eigenvalue weighted by Gasteiger charge is 2.42. The summed E-state index contributed by atoms with van der Waals surface area (Å²) >= 11 is 0. The zero-order valence-electron chi connectivity index (χ0n) is 37.5. The Bertz CT molecular complexity index is 1760. The summed E-state index contributed by atoms with van der Waals surface area (Å²) in [5.41, 5.74) is 0.119. The van der Waals surface area contributed by atoms with Crippen LogP contribution in [-0.4, -0.2) is 110 Å². The second-order valence-corrected chi connectivity index (χ2v) is 17.0. The lowest BCUT2D eigenvalue weighted by Gasteiger charge is -2.32. The molecular weight excluding hydrogens is 791 g/mol. The molecule has 0 radical (unpaired) electrons. The first-order valence-electron chi connectivity index (χ1n) is 22.1. The highest BCUT2D eigenvalue weighted by atomic mass is 16.7. The standard InChI is InChI=1S/C48H69N5O9/c1-8-10-11-18-27-61-47(59)62-48(7,9-2)43(55)39(30-34(3)4)50-46(58)41(32-37-21-16-13-17-22-37)52-45(57)40(31-35(5)6)51-44(56)38(24-23-36-19-14-12-15-20-36)49-42(54)33-53-25-28-60-29-26-53/h1,12-17,19-22,34-35,38-41H,9-11,18,23-33H2,2-7H3,(H,49,54)(H,50,58)(H,51,56)(H,52,57)/t38-,39-,40-,41-,48+/m0/s1. The highest BCUT2D eigenvalue weighted by Crippen LogP contribution is 2.23. The van der Waals surface area contributed by atoms with Crippen molar-refractivity contribution in [3.8, 4) is 12.3 Å². The number of unbranched alkanes of at least 4 members (excludes halogenated alkanes) is 2. The van der Waals surface area contributed by atoms with E-state index in [1.807, 2.05) is 93.3 Å². The Labute approximate surface area is 368 Å². The summed E-state index contributed by atoms with van der Waals surface area (Å²) in [6.07, 6.45) is 7.51. The molecule has 1 aliphatic heterocycles. The molecular formula is C48H69N5O9. The molecule has 5 atom stereocenters. The summed E-state index contributed by atoms with van der Waals surface area (Å²) in [5, 5.41) is 11.6. The van der Waals surface area contributed by atoms with Crippen LogP contribution in [-0.2, 0) is 51.0 Å². The topological polar surface area (TPSA) is 181 Å². The van der Waals surface area contributed by atoms with Crippen LogP contribution < -0.4 is 21.3 Å². The molecule has 2 aromatic carbocycles. The second-order valence-electron chi connectivity index (χ2n) is 17.0. The van der Waals surface area contributed by atoms with Crippen molar-refractivity contribution in [2.24, 2.45) is 11.8 Å². The van der Waals surface area contributed by atoms with Crippen LogP contribution >= 0.6 is 0 Å². The van der Waals surface area contributed by atoms with Gasteiger partial charge in [0.15, 0.2) is 11.4 Å². The van der Waals surface area contributed by atoms with Crippen molar-refractivity contribution in [1.82, 2.24) is 26.2 Å². The summed E-state index contributed by atoms with van der Waals surface area (Å²) in [4.78, 5) is 85.0. The fraction of sp³-hybridized carbons (Fsp3) is 0.583. The Balaban J connectivity index is 1.84. The lowest BCUT2D eigenvalue weighted by Crippen LogP contribution is -2.60. The van der Waals surface area contributed by atoms with Gasteiger partial charge in [-0.05, 0) is 74.8 Å². The molecule has 4 amide bonds. The number of morpholine rings is 1. The molecule has 4 N–H and O–H groups in total. The number of hydrogen-bond donors (Lipinski definition) is 4. The Morgan fingerprint density at radius 3 is 1.90 bits per heavy atom. The van der Waals surface area contributed by atoms with E-state index in [1.165, 1.54) is 6.92 Å². The first-order valence-corrected chi connectivity index (χ1v) is 22.1. The lowest BCUT2D eigenvalue weighted by atomic mass is 9.87. The van der Waals surface area contributed by atoms with E-state index in [0.717, 1.165) is 11.1 Å². The molecule has 340 valence electrons. The molecule has 2 aromatic rings. The van der Waals surface area contributed by atoms with Crippen molar-refractivity contribution in [3.05, 3.63) is 71.8 Å². The fourth-order valence-corrected chi connectivity index (χ4v) is 7.07. The molecule has 1 heterocycles. The number of carbonyl (C=O) groups excluding carboxylic acids is 6. The van der Waals surface area contributed by atoms with Gasteiger partial charge in [0.05, 0.1) is 32.4 Å². The second kappa shape index (κ2) is 26.9. The van der Waals surface area contributed by atoms with Crippen LogP contribution in [0.3, 0.4) is 0 Å². The van der Waals surface area contributed by atoms with Gasteiger partial charge in [-0.15, -0.1) is 12.3 Å². The number of rotatable bonds is 26. The molecule has 0 aliphatic carbocycles. The lowest BCUT2D eigenvalue weighted by molar-refractivity contribution is -0.144. The predicted molar refractivity (Wildman–Crippen MR) is 238 cm³/mol. The van der Waals surface area contributed by atoms with Gasteiger partial charge >= 0.3 is 6.16 Å². The van der Waals surface area contributed by atoms with Crippen LogP contribution in [0.4, 0.5) is 4.79 Å². The number of nitrogens with one attached hydrogen (secondary N) is 4. The van der Waals surface area contributed by atoms with Crippen molar-refractivity contribution in [2.75, 3.05) is 39.5 Å². The summed E-state index contributed by atoms with van der Waals surface area (Å²) < 4.78 is 16.2. The fourth-order valence-electron chi connectivity index (χ4n) is 7.07. The summed E-state index contributed by atoms with van der Waals surface area (Å²) in [7, 11) is 0. The van der Waals surface area contributed by atoms with E-state index in [-0.39, 0.29) is 63.0 Å². The van der Waals surface area contributed by atoms with Gasteiger partial charge in [-0.3, -0.25) is 28.9 Å². The van der Waals surface area contributed by atoms with Gasteiger partial charge in [0, 0.05) is 25.9 Å². The van der Waals surface area contributed by atoms with E-state index < -0.39 is 59.4 Å². The molecule has 0 aromatic heterocycles. The Hall–Kier alpha value is -5.26. The maximum absolute atomic E-state index is 14.4. The molecule has 0 bridgehead atoms. The summed E-state index contributed by atoms with van der Waals surface area (Å²) in [6.45, 7) is 13.3. The third-order valence-corrected chi connectivity index (χ3v) is 10.7. The average molecular weight is 860 g/mol. The van der Waals surface area contributed by atoms with Crippen LogP contribution in [0.15, 0.2) is 60.7 Å². The van der Waals surface area contributed by atoms with Gasteiger partial charge in [0.1, 0.15) is 18.1 Å². The molecule has 14 heteroatoms. The normalized spacial score (nSPS) is 15.8. The molecule has 62 heavy (non-hydrogen) atoms. The van der Waals surface area contributed by atoms with E-state index in [1.54, 1.807) is 6.92 Å². The van der Waals surface area contributed by atoms with E-state index in [9.17, 15) is 28.8 Å². The Morgan fingerprint density at radius 2 is 1.31 bits per heavy atom. The van der Waals surface area contributed by atoms with Gasteiger partial charge in [-0.1, -0.05) is 95.3 Å². The van der Waals surface area contributed by atoms with E-state index >= 15 is 0 Å². The van der Waals surface area contributed by atoms with E-state index in [2.05, 4.69) is 27.2 Å². The first kappa shape index (κ1) is 51.1. The minimum absolute atomic E-state index is 0.0412. The summed E-state index contributed by atoms with van der Waals surface area (Å²) in [6, 6.07) is 14.5. The zero-order valence-corrected chi connectivity index (χ0v) is 37.5. The van der Waals surface area contributed by atoms with Gasteiger partial charge in [-0.2, -0.15) is 0 Å². The molecule has 1 saturated heterocycles. The number of aryl methyl sites for hydroxylation is 1. The SMILES string of the molecule is C#CCCCCOC(=O)O[C@](C)(CC)C(=O)[C@H](CC(C)C)NC(=O)[C@H](Cc1ccccc1)NC(=O)[C@H](CC(C)C)NC(=O)[C@H](CCc1ccccc1)NC(=O)CN1CCOCC1. The van der Waals surface area contributed by atoms with Crippen LogP contribution in [0, 0.1) is 24.2 Å². The molecule has 1 fully saturated rings. The number of carbonyl (C=O) groups is 6. The average Bonchev–Trinajstić information content (AvgIpc) is 3.24. The van der Waals surface area contributed by atoms with Crippen LogP contribution in [0.25, 0.3) is 0 Å². The molecule has 0 unspecified atom stereocenters. The minimum atomic E-state index is -1.62. The Morgan fingerprint density at radius 1 is 0.758 bits per heavy atom. The van der Waals surface area contributed by atoms with Crippen molar-refractivity contribution in [3.63, 3.8) is 0 Å². The van der Waals surface area contributed by atoms with Crippen LogP contribution in [0.1, 0.15) is 97.6 Å². The molecule has 1 aliphatic rings. The molecule has 3 rings (SSSR count). The van der Waals surface area contributed by atoms with E-state index in [0.29, 0.717) is 52.0 Å². The van der Waals surface area contributed by atoms with Gasteiger partial charge < -0.3 is 35.5 Å². The van der Waals surface area contributed by atoms with Gasteiger partial charge in [-0.25, -0.2) is 4.79 Å². The third kappa shape index (κ3) is 18.4. The van der Waals surface area contributed by atoms with Crippen molar-refractivity contribution in [1.29, 1.82) is 0 Å². The van der Waals surface area contributed by atoms with Crippen molar-refractivity contribution < 1.29 is 43.0 Å². The van der Waals surface area contributed by atoms with Crippen LogP contribution in [0.5, 0.6) is 0 Å². The summed E-state index contributed by atoms with van der Waals surface area (Å²) in [5.74, 6) is -0.122. The number of ether oxygens (including phenoxy) is 3. The van der Waals surface area contributed by atoms with Crippen molar-refractivity contribution in [2.45, 2.75) is 129 Å². The number of terminal acetylenes is 1. The molecule has 0 spiro atoms. The maximum Gasteiger partial charge on any atom is 0.509 e. The minimum Gasteiger partial charge on any atom is -0.434 e. The number of ketones is 1. The quantitative estimate of drug-likeness (QED) is 0.0576. The first-order chi connectivity index (χ1) is 29.6. The third-order valence-electron chi connectivity index (χ3n) is 10.7. The largest absolute Gasteiger partial charge is 0.509 e. The zero-order chi connectivity index (χ0) is 45.5. The van der Waals surface area contributed by atoms with Crippen LogP contribution in [0.2, 0.25) is 0 Å². The monoisotopic (exact) mass is 860 g/mol. The highest BCUT2D eigenvalue weighted by molar-refractivity contribution is 5.98.